The van der Waals surface area contributed by atoms with Gasteiger partial charge in [0.2, 0.25) is 0 Å². The molecule has 1 rings (SSSR count). The fourth-order valence-electron chi connectivity index (χ4n) is 1.06. The number of allylic oxidation sites excluding steroid dienone is 10. The van der Waals surface area contributed by atoms with Crippen molar-refractivity contribution in [2.75, 3.05) is 0 Å². The van der Waals surface area contributed by atoms with Crippen LogP contribution in [0.1, 0.15) is 19.3 Å². The molecule has 0 heteroatoms. The first-order chi connectivity index (χ1) is 6.50. The van der Waals surface area contributed by atoms with E-state index in [1.54, 1.807) is 0 Å². The van der Waals surface area contributed by atoms with Gasteiger partial charge in [-0.05, 0) is 19.3 Å². The molecule has 0 fully saturated rings. The molecule has 0 aromatic heterocycles. The van der Waals surface area contributed by atoms with Gasteiger partial charge in [0.15, 0.2) is 0 Å². The van der Waals surface area contributed by atoms with Gasteiger partial charge in [-0.2, -0.15) is 0 Å². The Morgan fingerprint density at radius 3 is 1.62 bits per heavy atom. The summed E-state index contributed by atoms with van der Waals surface area (Å²) in [4.78, 5) is 0. The Kier molecular flexibility index (Phi) is 5.54. The summed E-state index contributed by atoms with van der Waals surface area (Å²) in [7, 11) is 0. The maximum atomic E-state index is 2.20. The second-order valence-corrected chi connectivity index (χ2v) is 2.91. The van der Waals surface area contributed by atoms with Crippen molar-refractivity contribution in [1.82, 2.24) is 0 Å². The van der Waals surface area contributed by atoms with Crippen LogP contribution >= 0.6 is 0 Å². The number of hydrogen-bond donors (Lipinski definition) is 0. The van der Waals surface area contributed by atoms with Gasteiger partial charge in [-0.15, -0.1) is 0 Å². The Balaban J connectivity index is 2.49. The number of hydrogen-bond acceptors (Lipinski definition) is 0. The highest BCUT2D eigenvalue weighted by Gasteiger charge is 1.75. The van der Waals surface area contributed by atoms with Gasteiger partial charge < -0.3 is 0 Å². The molecule has 0 saturated heterocycles. The Hall–Kier alpha value is -1.30. The largest absolute Gasteiger partial charge is 0.0842 e. The molecule has 0 aromatic rings. The van der Waals surface area contributed by atoms with Crippen molar-refractivity contribution in [1.29, 1.82) is 0 Å². The van der Waals surface area contributed by atoms with E-state index in [9.17, 15) is 0 Å². The lowest BCUT2D eigenvalue weighted by Crippen LogP contribution is -1.62. The van der Waals surface area contributed by atoms with Gasteiger partial charge in [0.25, 0.3) is 0 Å². The molecule has 0 radical (unpaired) electrons. The zero-order valence-electron chi connectivity index (χ0n) is 7.89. The Morgan fingerprint density at radius 2 is 0.923 bits per heavy atom. The van der Waals surface area contributed by atoms with E-state index in [0.717, 1.165) is 19.3 Å². The molecule has 0 aromatic carbocycles. The van der Waals surface area contributed by atoms with Gasteiger partial charge >= 0.3 is 0 Å². The van der Waals surface area contributed by atoms with Gasteiger partial charge in [-0.25, -0.2) is 0 Å². The predicted molar refractivity (Wildman–Crippen MR) is 59.6 cm³/mol. The first kappa shape index (κ1) is 9.79. The molecule has 13 heavy (non-hydrogen) atoms. The molecule has 0 heterocycles. The van der Waals surface area contributed by atoms with Crippen molar-refractivity contribution in [3.63, 3.8) is 0 Å². The lowest BCUT2D eigenvalue weighted by molar-refractivity contribution is 1.05. The van der Waals surface area contributed by atoms with Crippen molar-refractivity contribution in [2.24, 2.45) is 0 Å². The standard InChI is InChI=1S/C13H16/c1-2-4-6-8-10-12-13-11-9-7-5-3-1/h1-6,9,11-13H,7-8,10H2/b2-1+,5-3-,6-4+,11-9-,13-12+. The van der Waals surface area contributed by atoms with Crippen LogP contribution in [0.4, 0.5) is 0 Å². The quantitative estimate of drug-likeness (QED) is 0.519. The summed E-state index contributed by atoms with van der Waals surface area (Å²) in [5, 5.41) is 0. The van der Waals surface area contributed by atoms with Gasteiger partial charge in [-0.1, -0.05) is 60.8 Å². The molecule has 0 bridgehead atoms. The molecule has 0 nitrogen and oxygen atoms in total. The van der Waals surface area contributed by atoms with Crippen LogP contribution in [0.15, 0.2) is 60.8 Å². The fraction of sp³-hybridized carbons (Fsp3) is 0.231. The van der Waals surface area contributed by atoms with Gasteiger partial charge in [0.1, 0.15) is 0 Å². The Bertz CT molecular complexity index is 249. The van der Waals surface area contributed by atoms with Crippen LogP contribution in [0.5, 0.6) is 0 Å². The summed E-state index contributed by atoms with van der Waals surface area (Å²) in [5.74, 6) is 0. The lowest BCUT2D eigenvalue weighted by atomic mass is 10.2. The highest BCUT2D eigenvalue weighted by atomic mass is 13.8. The molecule has 0 amide bonds. The fourth-order valence-corrected chi connectivity index (χ4v) is 1.06. The Labute approximate surface area is 80.7 Å². The van der Waals surface area contributed by atoms with E-state index in [1.165, 1.54) is 0 Å². The highest BCUT2D eigenvalue weighted by molar-refractivity contribution is 5.13. The maximum Gasteiger partial charge on any atom is -0.0163 e. The zero-order chi connectivity index (χ0) is 9.19. The smallest absolute Gasteiger partial charge is 0.0163 e. The van der Waals surface area contributed by atoms with E-state index >= 15 is 0 Å². The summed E-state index contributed by atoms with van der Waals surface area (Å²) in [6, 6.07) is 0. The third-order valence-corrected chi connectivity index (χ3v) is 1.76. The topological polar surface area (TPSA) is 0 Å². The molecule has 1 aliphatic rings. The summed E-state index contributed by atoms with van der Waals surface area (Å²) < 4.78 is 0. The molecule has 0 saturated carbocycles. The van der Waals surface area contributed by atoms with Crippen molar-refractivity contribution >= 4 is 0 Å². The maximum absolute atomic E-state index is 2.20. The molecule has 0 unspecified atom stereocenters. The van der Waals surface area contributed by atoms with Crippen LogP contribution in [-0.2, 0) is 0 Å². The van der Waals surface area contributed by atoms with Crippen LogP contribution in [0, 0.1) is 0 Å². The third-order valence-electron chi connectivity index (χ3n) is 1.76. The van der Waals surface area contributed by atoms with E-state index in [0.29, 0.717) is 0 Å². The molecule has 1 aliphatic carbocycles. The van der Waals surface area contributed by atoms with E-state index in [2.05, 4.69) is 60.8 Å². The molecule has 0 N–H and O–H groups in total. The van der Waals surface area contributed by atoms with E-state index in [4.69, 9.17) is 0 Å². The summed E-state index contributed by atoms with van der Waals surface area (Å²) in [6.07, 6.45) is 24.5. The number of rotatable bonds is 0. The monoisotopic (exact) mass is 172 g/mol. The van der Waals surface area contributed by atoms with Crippen LogP contribution < -0.4 is 0 Å². The van der Waals surface area contributed by atoms with Crippen LogP contribution in [0.3, 0.4) is 0 Å². The summed E-state index contributed by atoms with van der Waals surface area (Å²) >= 11 is 0. The van der Waals surface area contributed by atoms with Gasteiger partial charge in [0, 0.05) is 0 Å². The lowest BCUT2D eigenvalue weighted by Gasteiger charge is -1.83. The molecule has 0 atom stereocenters. The average Bonchev–Trinajstić information content (AvgIpc) is 2.18. The molecular formula is C13H16. The van der Waals surface area contributed by atoms with Crippen molar-refractivity contribution in [3.8, 4) is 0 Å². The van der Waals surface area contributed by atoms with Crippen molar-refractivity contribution in [2.45, 2.75) is 19.3 Å². The van der Waals surface area contributed by atoms with E-state index < -0.39 is 0 Å². The normalized spacial score (nSPS) is 30.2. The second-order valence-electron chi connectivity index (χ2n) is 2.91. The van der Waals surface area contributed by atoms with Crippen molar-refractivity contribution < 1.29 is 0 Å². The highest BCUT2D eigenvalue weighted by Crippen LogP contribution is 1.96. The minimum atomic E-state index is 1.01. The molecule has 0 aliphatic heterocycles. The minimum absolute atomic E-state index is 1.01. The summed E-state index contributed by atoms with van der Waals surface area (Å²) in [5.41, 5.74) is 0. The van der Waals surface area contributed by atoms with Gasteiger partial charge in [-0.3, -0.25) is 0 Å². The average molecular weight is 172 g/mol. The van der Waals surface area contributed by atoms with E-state index in [-0.39, 0.29) is 0 Å². The van der Waals surface area contributed by atoms with Crippen LogP contribution in [0.25, 0.3) is 0 Å². The SMILES string of the molecule is C1=C\C/C=C\C=C\CC/C=C/C=C/1. The second kappa shape index (κ2) is 7.35. The van der Waals surface area contributed by atoms with Crippen LogP contribution in [-0.4, -0.2) is 0 Å². The van der Waals surface area contributed by atoms with E-state index in [1.807, 2.05) is 0 Å². The predicted octanol–water partition coefficient (Wildman–Crippen LogP) is 3.95. The van der Waals surface area contributed by atoms with Crippen molar-refractivity contribution in [3.05, 3.63) is 60.8 Å². The molecule has 0 spiro atoms. The van der Waals surface area contributed by atoms with Gasteiger partial charge in [0.05, 0.1) is 0 Å². The van der Waals surface area contributed by atoms with Crippen LogP contribution in [0.2, 0.25) is 0 Å². The first-order valence-electron chi connectivity index (χ1n) is 4.80. The molecule has 68 valence electrons. The minimum Gasteiger partial charge on any atom is -0.0842 e. The first-order valence-corrected chi connectivity index (χ1v) is 4.80. The summed E-state index contributed by atoms with van der Waals surface area (Å²) in [6.45, 7) is 0. The third kappa shape index (κ3) is 5.92. The zero-order valence-corrected chi connectivity index (χ0v) is 7.89. The Morgan fingerprint density at radius 1 is 0.462 bits per heavy atom. The molecular weight excluding hydrogens is 156 g/mol.